The van der Waals surface area contributed by atoms with Crippen molar-refractivity contribution < 1.29 is 19.1 Å². The largest absolute Gasteiger partial charge is 0.493 e. The molecular weight excluding hydrogens is 394 g/mol. The van der Waals surface area contributed by atoms with Crippen molar-refractivity contribution in [2.75, 3.05) is 19.1 Å². The fourth-order valence-corrected chi connectivity index (χ4v) is 3.77. The summed E-state index contributed by atoms with van der Waals surface area (Å²) in [4.78, 5) is 31.9. The number of carbonyl (C=O) groups excluding carboxylic acids is 2. The molecule has 7 heteroatoms. The summed E-state index contributed by atoms with van der Waals surface area (Å²) >= 11 is 0. The maximum Gasteiger partial charge on any atom is 0.260 e. The molecule has 2 heterocycles. The van der Waals surface area contributed by atoms with Crippen molar-refractivity contribution in [2.24, 2.45) is 0 Å². The molecule has 0 unspecified atom stereocenters. The van der Waals surface area contributed by atoms with E-state index in [1.165, 1.54) is 0 Å². The molecule has 2 aromatic carbocycles. The Morgan fingerprint density at radius 3 is 2.55 bits per heavy atom. The van der Waals surface area contributed by atoms with E-state index in [1.807, 2.05) is 42.5 Å². The van der Waals surface area contributed by atoms with Crippen molar-refractivity contribution >= 4 is 17.5 Å². The minimum atomic E-state index is -0.462. The highest BCUT2D eigenvalue weighted by Crippen LogP contribution is 2.38. The number of hydrogen-bond donors (Lipinski definition) is 1. The number of pyridine rings is 1. The number of rotatable bonds is 7. The van der Waals surface area contributed by atoms with Crippen LogP contribution in [0.2, 0.25) is 0 Å². The first-order valence-corrected chi connectivity index (χ1v) is 9.93. The predicted molar refractivity (Wildman–Crippen MR) is 116 cm³/mol. The lowest BCUT2D eigenvalue weighted by molar-refractivity contribution is -0.121. The fourth-order valence-electron chi connectivity index (χ4n) is 3.77. The topological polar surface area (TPSA) is 80.8 Å². The van der Waals surface area contributed by atoms with Crippen molar-refractivity contribution in [1.82, 2.24) is 10.3 Å². The number of fused-ring (bicyclic) bond motifs is 1. The van der Waals surface area contributed by atoms with Crippen molar-refractivity contribution in [2.45, 2.75) is 19.0 Å². The fraction of sp³-hybridized carbons (Fsp3) is 0.208. The molecule has 1 aliphatic heterocycles. The number of methoxy groups -OCH3 is 2. The molecule has 31 heavy (non-hydrogen) atoms. The van der Waals surface area contributed by atoms with Gasteiger partial charge in [-0.3, -0.25) is 19.5 Å². The van der Waals surface area contributed by atoms with Crippen molar-refractivity contribution in [1.29, 1.82) is 0 Å². The number of para-hydroxylation sites is 1. The summed E-state index contributed by atoms with van der Waals surface area (Å²) in [6, 6.07) is 17.9. The van der Waals surface area contributed by atoms with Gasteiger partial charge < -0.3 is 14.8 Å². The first kappa shape index (κ1) is 20.4. The Bertz CT molecular complexity index is 1100. The Morgan fingerprint density at radius 1 is 1.03 bits per heavy atom. The van der Waals surface area contributed by atoms with Crippen LogP contribution in [0.25, 0.3) is 0 Å². The average Bonchev–Trinajstić information content (AvgIpc) is 3.09. The zero-order valence-corrected chi connectivity index (χ0v) is 17.4. The van der Waals surface area contributed by atoms with Crippen molar-refractivity contribution in [3.05, 3.63) is 83.7 Å². The van der Waals surface area contributed by atoms with Gasteiger partial charge in [0.25, 0.3) is 5.91 Å². The summed E-state index contributed by atoms with van der Waals surface area (Å²) in [6.45, 7) is 0.334. The second-order valence-corrected chi connectivity index (χ2v) is 7.13. The van der Waals surface area contributed by atoms with Crippen molar-refractivity contribution in [3.63, 3.8) is 0 Å². The van der Waals surface area contributed by atoms with Crippen LogP contribution in [0, 0.1) is 0 Å². The van der Waals surface area contributed by atoms with E-state index in [0.29, 0.717) is 29.3 Å². The van der Waals surface area contributed by atoms with Gasteiger partial charge in [0, 0.05) is 18.4 Å². The third-order valence-electron chi connectivity index (χ3n) is 5.27. The van der Waals surface area contributed by atoms with Gasteiger partial charge in [0.15, 0.2) is 11.5 Å². The highest BCUT2D eigenvalue weighted by molar-refractivity contribution is 6.11. The number of carbonyl (C=O) groups is 2. The van der Waals surface area contributed by atoms with E-state index in [9.17, 15) is 9.59 Å². The molecule has 1 aromatic heterocycles. The number of anilines is 1. The first-order valence-electron chi connectivity index (χ1n) is 9.93. The van der Waals surface area contributed by atoms with Crippen LogP contribution in [0.3, 0.4) is 0 Å². The molecule has 1 atom stereocenters. The minimum Gasteiger partial charge on any atom is -0.493 e. The lowest BCUT2D eigenvalue weighted by Crippen LogP contribution is -2.32. The highest BCUT2D eigenvalue weighted by atomic mass is 16.5. The summed E-state index contributed by atoms with van der Waals surface area (Å²) in [5, 5.41) is 2.93. The van der Waals surface area contributed by atoms with Crippen LogP contribution in [0.5, 0.6) is 11.5 Å². The van der Waals surface area contributed by atoms with Crippen LogP contribution >= 0.6 is 0 Å². The standard InChI is InChI=1S/C24H23N3O4/c1-30-20-11-10-16(13-21(20)31-2)15-26-22(28)14-19-23-18(9-6-12-25-23)24(29)27(19)17-7-4-3-5-8-17/h3-13,19H,14-15H2,1-2H3,(H,26,28)/t19-/m1/s1. The summed E-state index contributed by atoms with van der Waals surface area (Å²) in [7, 11) is 3.15. The SMILES string of the molecule is COc1ccc(CNC(=O)C[C@@H]2c3ncccc3C(=O)N2c2ccccc2)cc1OC. The van der Waals surface area contributed by atoms with Crippen LogP contribution in [0.15, 0.2) is 66.9 Å². The second kappa shape index (κ2) is 8.87. The molecule has 2 amide bonds. The van der Waals surface area contributed by atoms with Gasteiger partial charge in [-0.05, 0) is 42.0 Å². The third kappa shape index (κ3) is 4.07. The van der Waals surface area contributed by atoms with Gasteiger partial charge in [0.05, 0.1) is 37.9 Å². The Hall–Kier alpha value is -3.87. The van der Waals surface area contributed by atoms with Gasteiger partial charge in [-0.1, -0.05) is 24.3 Å². The maximum absolute atomic E-state index is 13.0. The van der Waals surface area contributed by atoms with E-state index in [1.54, 1.807) is 43.5 Å². The lowest BCUT2D eigenvalue weighted by Gasteiger charge is -2.24. The molecule has 0 saturated heterocycles. The first-order chi connectivity index (χ1) is 15.1. The molecule has 1 aliphatic rings. The number of ether oxygens (including phenoxy) is 2. The summed E-state index contributed by atoms with van der Waals surface area (Å²) in [6.07, 6.45) is 1.76. The number of hydrogen-bond acceptors (Lipinski definition) is 5. The molecule has 0 aliphatic carbocycles. The van der Waals surface area contributed by atoms with Gasteiger partial charge in [0.1, 0.15) is 0 Å². The van der Waals surface area contributed by atoms with E-state index in [2.05, 4.69) is 10.3 Å². The normalized spacial score (nSPS) is 14.8. The smallest absolute Gasteiger partial charge is 0.260 e. The monoisotopic (exact) mass is 417 g/mol. The predicted octanol–water partition coefficient (Wildman–Crippen LogP) is 3.51. The summed E-state index contributed by atoms with van der Waals surface area (Å²) in [5.74, 6) is 0.909. The molecule has 7 nitrogen and oxygen atoms in total. The molecule has 0 saturated carbocycles. The van der Waals surface area contributed by atoms with Crippen LogP contribution in [-0.2, 0) is 11.3 Å². The van der Waals surface area contributed by atoms with E-state index >= 15 is 0 Å². The zero-order chi connectivity index (χ0) is 21.8. The molecule has 0 spiro atoms. The Morgan fingerprint density at radius 2 is 1.81 bits per heavy atom. The quantitative estimate of drug-likeness (QED) is 0.636. The van der Waals surface area contributed by atoms with Gasteiger partial charge in [-0.2, -0.15) is 0 Å². The van der Waals surface area contributed by atoms with Crippen LogP contribution in [0.4, 0.5) is 5.69 Å². The maximum atomic E-state index is 13.0. The second-order valence-electron chi connectivity index (χ2n) is 7.13. The number of benzene rings is 2. The highest BCUT2D eigenvalue weighted by Gasteiger charge is 2.39. The molecule has 1 N–H and O–H groups in total. The van der Waals surface area contributed by atoms with Gasteiger partial charge in [-0.15, -0.1) is 0 Å². The van der Waals surface area contributed by atoms with Crippen molar-refractivity contribution in [3.8, 4) is 11.5 Å². The number of aromatic nitrogens is 1. The Labute approximate surface area is 180 Å². The van der Waals surface area contributed by atoms with Crippen LogP contribution in [0.1, 0.15) is 34.1 Å². The molecule has 3 aromatic rings. The van der Waals surface area contributed by atoms with Crippen LogP contribution in [-0.4, -0.2) is 31.0 Å². The Kier molecular flexibility index (Phi) is 5.84. The molecule has 158 valence electrons. The summed E-state index contributed by atoms with van der Waals surface area (Å²) in [5.41, 5.74) is 2.77. The lowest BCUT2D eigenvalue weighted by atomic mass is 10.1. The van der Waals surface area contributed by atoms with Gasteiger partial charge in [-0.25, -0.2) is 0 Å². The van der Waals surface area contributed by atoms with E-state index in [4.69, 9.17) is 9.47 Å². The molecular formula is C24H23N3O4. The van der Waals surface area contributed by atoms with Gasteiger partial charge >= 0.3 is 0 Å². The Balaban J connectivity index is 1.51. The zero-order valence-electron chi connectivity index (χ0n) is 17.4. The van der Waals surface area contributed by atoms with Gasteiger partial charge in [0.2, 0.25) is 5.91 Å². The van der Waals surface area contributed by atoms with E-state index in [0.717, 1.165) is 11.3 Å². The summed E-state index contributed by atoms with van der Waals surface area (Å²) < 4.78 is 10.6. The average molecular weight is 417 g/mol. The number of nitrogens with one attached hydrogen (secondary N) is 1. The minimum absolute atomic E-state index is 0.109. The van der Waals surface area contributed by atoms with E-state index in [-0.39, 0.29) is 18.2 Å². The third-order valence-corrected chi connectivity index (χ3v) is 5.27. The molecule has 0 radical (unpaired) electrons. The molecule has 0 bridgehead atoms. The molecule has 0 fully saturated rings. The number of nitrogens with zero attached hydrogens (tertiary/aromatic N) is 2. The number of amides is 2. The van der Waals surface area contributed by atoms with Crippen LogP contribution < -0.4 is 19.7 Å². The molecule has 4 rings (SSSR count). The van der Waals surface area contributed by atoms with E-state index < -0.39 is 6.04 Å².